The number of hydrogen-bond donors (Lipinski definition) is 1. The fourth-order valence-corrected chi connectivity index (χ4v) is 0.867. The number of hydrogen-bond acceptors (Lipinski definition) is 2. The van der Waals surface area contributed by atoms with Gasteiger partial charge in [-0.1, -0.05) is 23.2 Å². The summed E-state index contributed by atoms with van der Waals surface area (Å²) in [5.41, 5.74) is 2.10. The van der Waals surface area contributed by atoms with Crippen LogP contribution in [0.4, 0.5) is 0 Å². The highest BCUT2D eigenvalue weighted by molar-refractivity contribution is 5.78. The lowest BCUT2D eigenvalue weighted by molar-refractivity contribution is 0.322. The van der Waals surface area contributed by atoms with Gasteiger partial charge in [0.1, 0.15) is 6.21 Å². The lowest BCUT2D eigenvalue weighted by atomic mass is 10.1. The number of rotatable bonds is 0. The van der Waals surface area contributed by atoms with E-state index in [0.29, 0.717) is 0 Å². The molecule has 12 heavy (non-hydrogen) atoms. The van der Waals surface area contributed by atoms with E-state index in [1.165, 1.54) is 5.56 Å². The Labute approximate surface area is 71.5 Å². The van der Waals surface area contributed by atoms with Crippen LogP contribution in [0.2, 0.25) is 0 Å². The lowest BCUT2D eigenvalue weighted by Crippen LogP contribution is -1.76. The van der Waals surface area contributed by atoms with E-state index in [9.17, 15) is 0 Å². The highest BCUT2D eigenvalue weighted by Gasteiger charge is 1.85. The highest BCUT2D eigenvalue weighted by atomic mass is 16.4. The predicted molar refractivity (Wildman–Crippen MR) is 48.3 cm³/mol. The van der Waals surface area contributed by atoms with Crippen LogP contribution in [0.5, 0.6) is 0 Å². The molecular formula is C10H9NO. The van der Waals surface area contributed by atoms with Crippen LogP contribution in [-0.4, -0.2) is 11.4 Å². The van der Waals surface area contributed by atoms with Crippen molar-refractivity contribution in [2.45, 2.75) is 6.92 Å². The summed E-state index contributed by atoms with van der Waals surface area (Å²) in [6, 6.07) is 7.82. The summed E-state index contributed by atoms with van der Waals surface area (Å²) in [5, 5.41) is 10.8. The van der Waals surface area contributed by atoms with E-state index in [2.05, 4.69) is 17.0 Å². The van der Waals surface area contributed by atoms with Crippen LogP contribution < -0.4 is 0 Å². The first kappa shape index (κ1) is 8.35. The number of benzene rings is 1. The molecule has 0 atom stereocenters. The summed E-state index contributed by atoms with van der Waals surface area (Å²) >= 11 is 0. The maximum absolute atomic E-state index is 8.07. The maximum Gasteiger partial charge on any atom is 0.116 e. The first-order chi connectivity index (χ1) is 5.83. The summed E-state index contributed by atoms with van der Waals surface area (Å²) in [5.74, 6) is 5.41. The molecule has 1 N–H and O–H groups in total. The van der Waals surface area contributed by atoms with Crippen LogP contribution in [0.15, 0.2) is 29.4 Å². The Balaban J connectivity index is 2.85. The van der Waals surface area contributed by atoms with Crippen LogP contribution in [0.1, 0.15) is 11.1 Å². The molecule has 0 heterocycles. The van der Waals surface area contributed by atoms with Crippen LogP contribution >= 0.6 is 0 Å². The number of aryl methyl sites for hydroxylation is 1. The van der Waals surface area contributed by atoms with Crippen molar-refractivity contribution in [1.82, 2.24) is 0 Å². The van der Waals surface area contributed by atoms with Gasteiger partial charge in [0.2, 0.25) is 0 Å². The smallest absolute Gasteiger partial charge is 0.116 e. The fourth-order valence-electron chi connectivity index (χ4n) is 0.867. The Kier molecular flexibility index (Phi) is 2.92. The van der Waals surface area contributed by atoms with E-state index in [1.807, 2.05) is 31.2 Å². The van der Waals surface area contributed by atoms with Crippen molar-refractivity contribution in [3.63, 3.8) is 0 Å². The molecular weight excluding hydrogens is 150 g/mol. The minimum atomic E-state index is 0.926. The largest absolute Gasteiger partial charge is 0.410 e. The number of nitrogens with zero attached hydrogens (tertiary/aromatic N) is 1. The van der Waals surface area contributed by atoms with Crippen LogP contribution in [0.25, 0.3) is 0 Å². The lowest BCUT2D eigenvalue weighted by Gasteiger charge is -1.90. The average molecular weight is 159 g/mol. The SMILES string of the molecule is Cc1cccc(C#CC=NO)c1. The summed E-state index contributed by atoms with van der Waals surface area (Å²) < 4.78 is 0. The molecule has 0 aromatic heterocycles. The zero-order chi connectivity index (χ0) is 8.81. The van der Waals surface area contributed by atoms with Crippen molar-refractivity contribution in [2.75, 3.05) is 0 Å². The third-order valence-electron chi connectivity index (χ3n) is 1.36. The van der Waals surface area contributed by atoms with E-state index in [1.54, 1.807) is 0 Å². The van der Waals surface area contributed by atoms with E-state index in [-0.39, 0.29) is 0 Å². The zero-order valence-electron chi connectivity index (χ0n) is 6.78. The number of oxime groups is 1. The van der Waals surface area contributed by atoms with Gasteiger partial charge in [-0.15, -0.1) is 0 Å². The second kappa shape index (κ2) is 4.20. The van der Waals surface area contributed by atoms with Crippen molar-refractivity contribution in [1.29, 1.82) is 0 Å². The molecule has 0 aliphatic rings. The summed E-state index contributed by atoms with van der Waals surface area (Å²) in [6.45, 7) is 2.01. The van der Waals surface area contributed by atoms with E-state index >= 15 is 0 Å². The molecule has 2 heteroatoms. The Hall–Kier alpha value is -1.75. The summed E-state index contributed by atoms with van der Waals surface area (Å²) in [4.78, 5) is 0. The molecule has 0 amide bonds. The van der Waals surface area contributed by atoms with Gasteiger partial charge in [0, 0.05) is 5.56 Å². The molecule has 1 aromatic carbocycles. The molecule has 0 bridgehead atoms. The molecule has 0 spiro atoms. The molecule has 60 valence electrons. The topological polar surface area (TPSA) is 32.6 Å². The molecule has 0 fully saturated rings. The van der Waals surface area contributed by atoms with Gasteiger partial charge in [0.05, 0.1) is 0 Å². The van der Waals surface area contributed by atoms with Crippen molar-refractivity contribution in [2.24, 2.45) is 5.16 Å². The molecule has 0 radical (unpaired) electrons. The van der Waals surface area contributed by atoms with Gasteiger partial charge in [-0.25, -0.2) is 0 Å². The van der Waals surface area contributed by atoms with E-state index < -0.39 is 0 Å². The molecule has 0 saturated carbocycles. The quantitative estimate of drug-likeness (QED) is 0.266. The monoisotopic (exact) mass is 159 g/mol. The Morgan fingerprint density at radius 2 is 2.33 bits per heavy atom. The van der Waals surface area contributed by atoms with Gasteiger partial charge in [-0.3, -0.25) is 0 Å². The highest BCUT2D eigenvalue weighted by Crippen LogP contribution is 2.01. The first-order valence-corrected chi connectivity index (χ1v) is 3.57. The normalized spacial score (nSPS) is 9.42. The molecule has 0 saturated heterocycles. The Morgan fingerprint density at radius 1 is 1.50 bits per heavy atom. The van der Waals surface area contributed by atoms with Gasteiger partial charge >= 0.3 is 0 Å². The van der Waals surface area contributed by atoms with Gasteiger partial charge < -0.3 is 5.21 Å². The summed E-state index contributed by atoms with van der Waals surface area (Å²) in [7, 11) is 0. The second-order valence-electron chi connectivity index (χ2n) is 2.38. The molecule has 0 aliphatic carbocycles. The van der Waals surface area contributed by atoms with Crippen molar-refractivity contribution >= 4 is 6.21 Å². The predicted octanol–water partition coefficient (Wildman–Crippen LogP) is 1.81. The zero-order valence-corrected chi connectivity index (χ0v) is 6.78. The Bertz CT molecular complexity index is 344. The Morgan fingerprint density at radius 3 is 3.00 bits per heavy atom. The van der Waals surface area contributed by atoms with E-state index in [4.69, 9.17) is 5.21 Å². The molecule has 1 rings (SSSR count). The van der Waals surface area contributed by atoms with E-state index in [0.717, 1.165) is 11.8 Å². The third kappa shape index (κ3) is 2.47. The van der Waals surface area contributed by atoms with Gasteiger partial charge in [-0.2, -0.15) is 0 Å². The van der Waals surface area contributed by atoms with Crippen molar-refractivity contribution in [3.8, 4) is 11.8 Å². The first-order valence-electron chi connectivity index (χ1n) is 3.57. The van der Waals surface area contributed by atoms with Crippen molar-refractivity contribution in [3.05, 3.63) is 35.4 Å². The molecule has 0 unspecified atom stereocenters. The fraction of sp³-hybridized carbons (Fsp3) is 0.100. The van der Waals surface area contributed by atoms with Crippen LogP contribution in [0.3, 0.4) is 0 Å². The summed E-state index contributed by atoms with van der Waals surface area (Å²) in [6.07, 6.45) is 1.16. The maximum atomic E-state index is 8.07. The average Bonchev–Trinajstić information content (AvgIpc) is 2.05. The van der Waals surface area contributed by atoms with Gasteiger partial charge in [0.25, 0.3) is 0 Å². The van der Waals surface area contributed by atoms with Gasteiger partial charge in [0.15, 0.2) is 0 Å². The second-order valence-corrected chi connectivity index (χ2v) is 2.38. The van der Waals surface area contributed by atoms with Crippen molar-refractivity contribution < 1.29 is 5.21 Å². The third-order valence-corrected chi connectivity index (χ3v) is 1.36. The minimum absolute atomic E-state index is 0.926. The van der Waals surface area contributed by atoms with Crippen LogP contribution in [0, 0.1) is 18.8 Å². The molecule has 1 aromatic rings. The minimum Gasteiger partial charge on any atom is -0.410 e. The molecule has 2 nitrogen and oxygen atoms in total. The molecule has 0 aliphatic heterocycles. The standard InChI is InChI=1S/C10H9NO/c1-9-4-2-5-10(8-9)6-3-7-11-12/h2,4-5,7-8,12H,1H3. The van der Waals surface area contributed by atoms with Crippen LogP contribution in [-0.2, 0) is 0 Å². The van der Waals surface area contributed by atoms with Gasteiger partial charge in [-0.05, 0) is 30.5 Å².